The maximum Gasteiger partial charge on any atom is 0.267 e. The number of nitrogens with one attached hydrogen (secondary N) is 1. The van der Waals surface area contributed by atoms with Gasteiger partial charge in [0.25, 0.3) is 15.9 Å². The molecule has 0 atom stereocenters. The molecule has 2 aromatic rings. The van der Waals surface area contributed by atoms with Crippen LogP contribution in [0.5, 0.6) is 5.75 Å². The summed E-state index contributed by atoms with van der Waals surface area (Å²) in [5.74, 6) is -2.44. The topological polar surface area (TPSA) is 75.7 Å². The lowest BCUT2D eigenvalue weighted by Gasteiger charge is -2.14. The fourth-order valence-corrected chi connectivity index (χ4v) is 3.62. The van der Waals surface area contributed by atoms with Crippen molar-refractivity contribution in [1.82, 2.24) is 4.90 Å². The second-order valence-electron chi connectivity index (χ2n) is 5.44. The second kappa shape index (κ2) is 6.32. The van der Waals surface area contributed by atoms with Gasteiger partial charge in [0.2, 0.25) is 0 Å². The van der Waals surface area contributed by atoms with Crippen LogP contribution in [0.15, 0.2) is 41.3 Å². The van der Waals surface area contributed by atoms with Crippen LogP contribution in [0.2, 0.25) is 0 Å². The Morgan fingerprint density at radius 2 is 1.84 bits per heavy atom. The van der Waals surface area contributed by atoms with Crippen LogP contribution in [-0.4, -0.2) is 39.4 Å². The molecular formula is C16H14F2N2O4S. The lowest BCUT2D eigenvalue weighted by Crippen LogP contribution is -2.27. The first-order valence-corrected chi connectivity index (χ1v) is 8.77. The van der Waals surface area contributed by atoms with E-state index in [-0.39, 0.29) is 17.2 Å². The molecule has 132 valence electrons. The van der Waals surface area contributed by atoms with Crippen molar-refractivity contribution in [3.05, 3.63) is 53.6 Å². The normalized spacial score (nSPS) is 14.5. The molecule has 0 fully saturated rings. The van der Waals surface area contributed by atoms with E-state index in [1.54, 1.807) is 7.05 Å². The Hall–Kier alpha value is -2.68. The first-order valence-electron chi connectivity index (χ1n) is 7.29. The molecule has 1 aliphatic rings. The van der Waals surface area contributed by atoms with E-state index in [0.29, 0.717) is 18.9 Å². The summed E-state index contributed by atoms with van der Waals surface area (Å²) in [7, 11) is -2.92. The molecule has 0 saturated carbocycles. The number of nitrogens with zero attached hydrogens (tertiary/aromatic N) is 1. The Morgan fingerprint density at radius 3 is 2.52 bits per heavy atom. The minimum atomic E-state index is -4.51. The van der Waals surface area contributed by atoms with Crippen LogP contribution < -0.4 is 9.46 Å². The summed E-state index contributed by atoms with van der Waals surface area (Å²) in [6.45, 7) is 0.690. The number of halogens is 2. The maximum atomic E-state index is 13.7. The maximum absolute atomic E-state index is 13.7. The average Bonchev–Trinajstić information content (AvgIpc) is 2.67. The Balaban J connectivity index is 1.99. The molecule has 0 aliphatic carbocycles. The van der Waals surface area contributed by atoms with Crippen molar-refractivity contribution in [2.75, 3.05) is 24.9 Å². The molecule has 0 unspecified atom stereocenters. The van der Waals surface area contributed by atoms with E-state index < -0.39 is 26.6 Å². The van der Waals surface area contributed by atoms with Gasteiger partial charge in [-0.2, -0.15) is 0 Å². The Morgan fingerprint density at radius 1 is 1.16 bits per heavy atom. The van der Waals surface area contributed by atoms with E-state index in [1.165, 1.54) is 23.1 Å². The summed E-state index contributed by atoms with van der Waals surface area (Å²) in [5.41, 5.74) is 0.155. The zero-order valence-electron chi connectivity index (χ0n) is 13.1. The van der Waals surface area contributed by atoms with E-state index in [1.807, 2.05) is 0 Å². The first-order chi connectivity index (χ1) is 11.8. The molecule has 0 bridgehead atoms. The Labute approximate surface area is 143 Å². The molecule has 1 amide bonds. The highest BCUT2D eigenvalue weighted by Crippen LogP contribution is 2.28. The van der Waals surface area contributed by atoms with Gasteiger partial charge in [-0.1, -0.05) is 6.07 Å². The number of amides is 1. The standard InChI is InChI=1S/C16H14F2N2O4S/c1-20-7-8-24-14-6-5-10(9-11(14)16(20)21)19-25(22,23)15-12(17)3-2-4-13(15)18/h2-6,9,19H,7-8H2,1H3. The smallest absolute Gasteiger partial charge is 0.267 e. The van der Waals surface area contributed by atoms with Gasteiger partial charge in [0, 0.05) is 12.7 Å². The number of hydrogen-bond acceptors (Lipinski definition) is 4. The van der Waals surface area contributed by atoms with Gasteiger partial charge in [0.05, 0.1) is 12.1 Å². The van der Waals surface area contributed by atoms with E-state index in [9.17, 15) is 22.0 Å². The summed E-state index contributed by atoms with van der Waals surface area (Å²) in [4.78, 5) is 12.6. The summed E-state index contributed by atoms with van der Waals surface area (Å²) in [6, 6.07) is 6.82. The van der Waals surface area contributed by atoms with E-state index >= 15 is 0 Å². The first kappa shape index (κ1) is 17.2. The van der Waals surface area contributed by atoms with Crippen LogP contribution in [0.1, 0.15) is 10.4 Å². The van der Waals surface area contributed by atoms with Gasteiger partial charge in [-0.15, -0.1) is 0 Å². The number of carbonyl (C=O) groups is 1. The summed E-state index contributed by atoms with van der Waals surface area (Å²) < 4.78 is 59.6. The fraction of sp³-hybridized carbons (Fsp3) is 0.188. The van der Waals surface area contributed by atoms with Gasteiger partial charge < -0.3 is 9.64 Å². The predicted octanol–water partition coefficient (Wildman–Crippen LogP) is 2.23. The van der Waals surface area contributed by atoms with Crippen LogP contribution in [0.25, 0.3) is 0 Å². The highest BCUT2D eigenvalue weighted by molar-refractivity contribution is 7.92. The third kappa shape index (κ3) is 3.27. The number of rotatable bonds is 3. The van der Waals surface area contributed by atoms with E-state index in [2.05, 4.69) is 4.72 Å². The highest BCUT2D eigenvalue weighted by Gasteiger charge is 2.26. The Bertz CT molecular complexity index is 927. The SMILES string of the molecule is CN1CCOc2ccc(NS(=O)(=O)c3c(F)cccc3F)cc2C1=O. The van der Waals surface area contributed by atoms with Crippen molar-refractivity contribution >= 4 is 21.6 Å². The number of ether oxygens (including phenoxy) is 1. The van der Waals surface area contributed by atoms with Gasteiger partial charge in [0.15, 0.2) is 4.90 Å². The molecule has 25 heavy (non-hydrogen) atoms. The number of likely N-dealkylation sites (N-methyl/N-ethyl adjacent to an activating group) is 1. The highest BCUT2D eigenvalue weighted by atomic mass is 32.2. The van der Waals surface area contributed by atoms with Crippen molar-refractivity contribution in [2.24, 2.45) is 0 Å². The number of hydrogen-bond donors (Lipinski definition) is 1. The number of benzene rings is 2. The third-order valence-electron chi connectivity index (χ3n) is 3.68. The van der Waals surface area contributed by atoms with E-state index in [0.717, 1.165) is 18.2 Å². The molecule has 3 rings (SSSR count). The number of carbonyl (C=O) groups excluding carboxylic acids is 1. The molecule has 1 aliphatic heterocycles. The molecule has 6 nitrogen and oxygen atoms in total. The van der Waals surface area contributed by atoms with Gasteiger partial charge in [0.1, 0.15) is 24.0 Å². The van der Waals surface area contributed by atoms with Crippen LogP contribution >= 0.6 is 0 Å². The molecule has 0 saturated heterocycles. The van der Waals surface area contributed by atoms with Gasteiger partial charge in [-0.05, 0) is 30.3 Å². The summed E-state index contributed by atoms with van der Waals surface area (Å²) >= 11 is 0. The molecular weight excluding hydrogens is 354 g/mol. The Kier molecular flexibility index (Phi) is 4.34. The molecule has 1 N–H and O–H groups in total. The lowest BCUT2D eigenvalue weighted by atomic mass is 10.1. The van der Waals surface area contributed by atoms with E-state index in [4.69, 9.17) is 4.74 Å². The van der Waals surface area contributed by atoms with Gasteiger partial charge in [-0.3, -0.25) is 9.52 Å². The largest absolute Gasteiger partial charge is 0.491 e. The zero-order valence-corrected chi connectivity index (χ0v) is 13.9. The third-order valence-corrected chi connectivity index (χ3v) is 5.11. The average molecular weight is 368 g/mol. The molecule has 1 heterocycles. The molecule has 9 heteroatoms. The molecule has 0 aromatic heterocycles. The molecule has 0 radical (unpaired) electrons. The van der Waals surface area contributed by atoms with Crippen LogP contribution in [0.4, 0.5) is 14.5 Å². The number of anilines is 1. The van der Waals surface area contributed by atoms with Crippen molar-refractivity contribution in [1.29, 1.82) is 0 Å². The summed E-state index contributed by atoms with van der Waals surface area (Å²) in [5, 5.41) is 0. The quantitative estimate of drug-likeness (QED) is 0.902. The van der Waals surface area contributed by atoms with Crippen molar-refractivity contribution in [3.63, 3.8) is 0 Å². The summed E-state index contributed by atoms with van der Waals surface area (Å²) in [6.07, 6.45) is 0. The zero-order chi connectivity index (χ0) is 18.2. The van der Waals surface area contributed by atoms with Crippen molar-refractivity contribution < 1.29 is 26.7 Å². The second-order valence-corrected chi connectivity index (χ2v) is 7.06. The van der Waals surface area contributed by atoms with Crippen molar-refractivity contribution in [2.45, 2.75) is 4.90 Å². The monoisotopic (exact) mass is 368 g/mol. The molecule has 2 aromatic carbocycles. The number of fused-ring (bicyclic) bond motifs is 1. The predicted molar refractivity (Wildman–Crippen MR) is 86.1 cm³/mol. The fourth-order valence-electron chi connectivity index (χ4n) is 2.43. The van der Waals surface area contributed by atoms with Crippen LogP contribution in [0.3, 0.4) is 0 Å². The van der Waals surface area contributed by atoms with Gasteiger partial charge >= 0.3 is 0 Å². The van der Waals surface area contributed by atoms with Crippen molar-refractivity contribution in [3.8, 4) is 5.75 Å². The molecule has 0 spiro atoms. The lowest BCUT2D eigenvalue weighted by molar-refractivity contribution is 0.0796. The minimum Gasteiger partial charge on any atom is -0.491 e. The van der Waals surface area contributed by atoms with Crippen LogP contribution in [-0.2, 0) is 10.0 Å². The minimum absolute atomic E-state index is 0.00588. The number of sulfonamides is 1. The van der Waals surface area contributed by atoms with Crippen LogP contribution in [0, 0.1) is 11.6 Å². The van der Waals surface area contributed by atoms with Gasteiger partial charge in [-0.25, -0.2) is 17.2 Å².